The van der Waals surface area contributed by atoms with Crippen molar-refractivity contribution in [1.29, 1.82) is 0 Å². The van der Waals surface area contributed by atoms with Crippen molar-refractivity contribution in [3.8, 4) is 0 Å². The zero-order valence-corrected chi connectivity index (χ0v) is 9.65. The van der Waals surface area contributed by atoms with Gasteiger partial charge in [-0.1, -0.05) is 12.1 Å². The third-order valence-corrected chi connectivity index (χ3v) is 2.97. The Morgan fingerprint density at radius 2 is 1.95 bits per heavy atom. The van der Waals surface area contributed by atoms with Gasteiger partial charge in [0.1, 0.15) is 0 Å². The van der Waals surface area contributed by atoms with Crippen LogP contribution in [0.25, 0.3) is 0 Å². The van der Waals surface area contributed by atoms with Crippen LogP contribution in [0.4, 0.5) is 18.9 Å². The van der Waals surface area contributed by atoms with Crippen LogP contribution in [0.2, 0.25) is 0 Å². The van der Waals surface area contributed by atoms with Crippen molar-refractivity contribution in [2.45, 2.75) is 12.6 Å². The van der Waals surface area contributed by atoms with E-state index in [0.717, 1.165) is 11.0 Å². The molecule has 0 aliphatic carbocycles. The highest BCUT2D eigenvalue weighted by molar-refractivity contribution is 5.99. The van der Waals surface area contributed by atoms with Gasteiger partial charge in [0.2, 0.25) is 5.91 Å². The minimum absolute atomic E-state index is 0.235. The van der Waals surface area contributed by atoms with Crippen LogP contribution < -0.4 is 4.90 Å². The minimum atomic E-state index is -4.59. The second-order valence-electron chi connectivity index (χ2n) is 4.26. The molecule has 0 saturated carbocycles. The maximum absolute atomic E-state index is 12.8. The normalized spacial score (nSPS) is 19.8. The number of carbonyl (C=O) groups is 2. The Bertz CT molecular complexity index is 527. The number of rotatable bonds is 2. The van der Waals surface area contributed by atoms with Crippen molar-refractivity contribution in [3.05, 3.63) is 29.8 Å². The summed E-state index contributed by atoms with van der Waals surface area (Å²) in [4.78, 5) is 23.4. The third-order valence-electron chi connectivity index (χ3n) is 2.97. The molecule has 19 heavy (non-hydrogen) atoms. The van der Waals surface area contributed by atoms with Gasteiger partial charge in [0, 0.05) is 13.0 Å². The van der Waals surface area contributed by atoms with Crippen LogP contribution in [-0.4, -0.2) is 23.5 Å². The summed E-state index contributed by atoms with van der Waals surface area (Å²) in [6, 6.07) is 4.65. The number of hydrogen-bond acceptors (Lipinski definition) is 2. The fourth-order valence-electron chi connectivity index (χ4n) is 2.05. The fraction of sp³-hybridized carbons (Fsp3) is 0.333. The first-order valence-corrected chi connectivity index (χ1v) is 5.50. The van der Waals surface area contributed by atoms with E-state index in [-0.39, 0.29) is 18.7 Å². The average Bonchev–Trinajstić information content (AvgIpc) is 2.70. The Labute approximate surface area is 106 Å². The molecule has 1 aliphatic heterocycles. The van der Waals surface area contributed by atoms with Gasteiger partial charge < -0.3 is 10.0 Å². The standard InChI is InChI=1S/C12H10F3NO3/c13-12(14,15)8-3-1-2-4-9(8)16-6-7(11(18)19)5-10(16)17/h1-4,7H,5-6H2,(H,18,19)/t7-/m0/s1. The van der Waals surface area contributed by atoms with E-state index >= 15 is 0 Å². The molecule has 4 nitrogen and oxygen atoms in total. The average molecular weight is 273 g/mol. The SMILES string of the molecule is O=C(O)[C@H]1CC(=O)N(c2ccccc2C(F)(F)F)C1. The summed E-state index contributed by atoms with van der Waals surface area (Å²) in [5.41, 5.74) is -1.22. The maximum atomic E-state index is 12.8. The smallest absolute Gasteiger partial charge is 0.418 e. The minimum Gasteiger partial charge on any atom is -0.481 e. The van der Waals surface area contributed by atoms with Crippen LogP contribution in [0.5, 0.6) is 0 Å². The number of alkyl halides is 3. The highest BCUT2D eigenvalue weighted by Gasteiger charge is 2.40. The van der Waals surface area contributed by atoms with E-state index < -0.39 is 29.5 Å². The number of nitrogens with zero attached hydrogens (tertiary/aromatic N) is 1. The molecule has 1 atom stereocenters. The van der Waals surface area contributed by atoms with Gasteiger partial charge in [0.25, 0.3) is 0 Å². The number of carboxylic acid groups (broad SMARTS) is 1. The summed E-state index contributed by atoms with van der Waals surface area (Å²) in [5.74, 6) is -2.75. The largest absolute Gasteiger partial charge is 0.481 e. The Morgan fingerprint density at radius 3 is 2.47 bits per heavy atom. The van der Waals surface area contributed by atoms with E-state index in [1.54, 1.807) is 0 Å². The van der Waals surface area contributed by atoms with Crippen molar-refractivity contribution < 1.29 is 27.9 Å². The van der Waals surface area contributed by atoms with Crippen molar-refractivity contribution >= 4 is 17.6 Å². The Balaban J connectivity index is 2.38. The summed E-state index contributed by atoms with van der Waals surface area (Å²) in [6.45, 7) is -0.235. The van der Waals surface area contributed by atoms with E-state index in [0.29, 0.717) is 0 Å². The van der Waals surface area contributed by atoms with Crippen LogP contribution in [0.15, 0.2) is 24.3 Å². The van der Waals surface area contributed by atoms with E-state index in [1.807, 2.05) is 0 Å². The second-order valence-corrected chi connectivity index (χ2v) is 4.26. The number of benzene rings is 1. The van der Waals surface area contributed by atoms with Crippen LogP contribution >= 0.6 is 0 Å². The molecule has 1 N–H and O–H groups in total. The second kappa shape index (κ2) is 4.56. The zero-order chi connectivity index (χ0) is 14.2. The highest BCUT2D eigenvalue weighted by Crippen LogP contribution is 2.38. The van der Waals surface area contributed by atoms with Crippen molar-refractivity contribution in [1.82, 2.24) is 0 Å². The first kappa shape index (κ1) is 13.4. The fourth-order valence-corrected chi connectivity index (χ4v) is 2.05. The monoisotopic (exact) mass is 273 g/mol. The van der Waals surface area contributed by atoms with E-state index in [4.69, 9.17) is 5.11 Å². The van der Waals surface area contributed by atoms with Crippen LogP contribution in [0.1, 0.15) is 12.0 Å². The number of hydrogen-bond donors (Lipinski definition) is 1. The molecule has 1 amide bonds. The van der Waals surface area contributed by atoms with E-state index in [9.17, 15) is 22.8 Å². The predicted octanol–water partition coefficient (Wildman–Crippen LogP) is 2.14. The Kier molecular flexibility index (Phi) is 3.21. The highest BCUT2D eigenvalue weighted by atomic mass is 19.4. The number of amides is 1. The van der Waals surface area contributed by atoms with Crippen molar-refractivity contribution in [2.24, 2.45) is 5.92 Å². The zero-order valence-electron chi connectivity index (χ0n) is 9.65. The van der Waals surface area contributed by atoms with E-state index in [2.05, 4.69) is 0 Å². The van der Waals surface area contributed by atoms with Gasteiger partial charge in [-0.05, 0) is 12.1 Å². The lowest BCUT2D eigenvalue weighted by Gasteiger charge is -2.21. The summed E-state index contributed by atoms with van der Waals surface area (Å²) >= 11 is 0. The molecule has 1 fully saturated rings. The Morgan fingerprint density at radius 1 is 1.32 bits per heavy atom. The number of carbonyl (C=O) groups excluding carboxylic acids is 1. The molecule has 0 radical (unpaired) electrons. The van der Waals surface area contributed by atoms with Crippen molar-refractivity contribution in [2.75, 3.05) is 11.4 Å². The topological polar surface area (TPSA) is 57.6 Å². The molecule has 7 heteroatoms. The quantitative estimate of drug-likeness (QED) is 0.898. The van der Waals surface area contributed by atoms with Gasteiger partial charge in [-0.15, -0.1) is 0 Å². The van der Waals surface area contributed by atoms with Gasteiger partial charge in [0.15, 0.2) is 0 Å². The molecule has 2 rings (SSSR count). The van der Waals surface area contributed by atoms with Crippen LogP contribution in [0.3, 0.4) is 0 Å². The van der Waals surface area contributed by atoms with Gasteiger partial charge in [-0.25, -0.2) is 0 Å². The molecule has 1 aliphatic rings. The van der Waals surface area contributed by atoms with E-state index in [1.165, 1.54) is 18.2 Å². The number of halogens is 3. The Hall–Kier alpha value is -2.05. The third kappa shape index (κ3) is 2.54. The molecule has 0 spiro atoms. The summed E-state index contributed by atoms with van der Waals surface area (Å²) < 4.78 is 38.5. The molecule has 102 valence electrons. The molecule has 1 aromatic carbocycles. The van der Waals surface area contributed by atoms with Gasteiger partial charge in [-0.2, -0.15) is 13.2 Å². The van der Waals surface area contributed by atoms with Gasteiger partial charge in [0.05, 0.1) is 17.2 Å². The number of para-hydroxylation sites is 1. The molecule has 1 heterocycles. The summed E-state index contributed by atoms with van der Waals surface area (Å²) in [7, 11) is 0. The van der Waals surface area contributed by atoms with Crippen molar-refractivity contribution in [3.63, 3.8) is 0 Å². The number of anilines is 1. The predicted molar refractivity (Wildman–Crippen MR) is 59.5 cm³/mol. The van der Waals surface area contributed by atoms with Crippen LogP contribution in [0, 0.1) is 5.92 Å². The van der Waals surface area contributed by atoms with Gasteiger partial charge in [-0.3, -0.25) is 9.59 Å². The first-order chi connectivity index (χ1) is 8.80. The molecule has 1 aromatic rings. The molecule has 0 unspecified atom stereocenters. The molecule has 0 aromatic heterocycles. The number of carboxylic acids is 1. The molecular formula is C12H10F3NO3. The van der Waals surface area contributed by atoms with Gasteiger partial charge >= 0.3 is 12.1 Å². The lowest BCUT2D eigenvalue weighted by Crippen LogP contribution is -2.28. The molecule has 0 bridgehead atoms. The summed E-state index contributed by atoms with van der Waals surface area (Å²) in [5, 5.41) is 8.82. The first-order valence-electron chi connectivity index (χ1n) is 5.50. The lowest BCUT2D eigenvalue weighted by molar-refractivity contribution is -0.141. The summed E-state index contributed by atoms with van der Waals surface area (Å²) in [6.07, 6.45) is -4.86. The lowest BCUT2D eigenvalue weighted by atomic mass is 10.1. The van der Waals surface area contributed by atoms with Crippen LogP contribution in [-0.2, 0) is 15.8 Å². The number of aliphatic carboxylic acids is 1. The maximum Gasteiger partial charge on any atom is 0.418 e. The molecule has 1 saturated heterocycles. The molecular weight excluding hydrogens is 263 g/mol.